The van der Waals surface area contributed by atoms with Gasteiger partial charge in [-0.2, -0.15) is 0 Å². The van der Waals surface area contributed by atoms with Gasteiger partial charge >= 0.3 is 0 Å². The molecule has 0 aliphatic carbocycles. The van der Waals surface area contributed by atoms with Crippen LogP contribution in [0, 0.1) is 5.82 Å². The molecule has 3 rings (SSSR count). The maximum absolute atomic E-state index is 13.3. The number of nitrogens with zero attached hydrogens (tertiary/aromatic N) is 1. The van der Waals surface area contributed by atoms with Gasteiger partial charge in [-0.3, -0.25) is 4.79 Å². The van der Waals surface area contributed by atoms with Gasteiger partial charge < -0.3 is 10.1 Å². The highest BCUT2D eigenvalue weighted by molar-refractivity contribution is 7.13. The van der Waals surface area contributed by atoms with Gasteiger partial charge in [0, 0.05) is 16.0 Å². The normalized spacial score (nSPS) is 10.5. The first-order valence-electron chi connectivity index (χ1n) is 7.39. The number of hydrogen-bond donors (Lipinski definition) is 1. The summed E-state index contributed by atoms with van der Waals surface area (Å²) in [6.07, 6.45) is 0.0987. The Morgan fingerprint density at radius 2 is 2.16 bits per heavy atom. The molecule has 0 bridgehead atoms. The lowest BCUT2D eigenvalue weighted by Crippen LogP contribution is -2.15. The van der Waals surface area contributed by atoms with Crippen molar-refractivity contribution in [2.75, 3.05) is 12.4 Å². The summed E-state index contributed by atoms with van der Waals surface area (Å²) in [6, 6.07) is 11.2. The van der Waals surface area contributed by atoms with Gasteiger partial charge in [-0.05, 0) is 30.3 Å². The quantitative estimate of drug-likeness (QED) is 0.696. The fourth-order valence-corrected chi connectivity index (χ4v) is 3.27. The summed E-state index contributed by atoms with van der Waals surface area (Å²) < 4.78 is 18.5. The second kappa shape index (κ2) is 7.63. The maximum Gasteiger partial charge on any atom is 0.230 e. The van der Waals surface area contributed by atoms with Crippen LogP contribution in [-0.4, -0.2) is 18.0 Å². The Morgan fingerprint density at radius 1 is 1.32 bits per heavy atom. The summed E-state index contributed by atoms with van der Waals surface area (Å²) in [7, 11) is 1.52. The minimum absolute atomic E-state index is 0.0987. The first-order valence-corrected chi connectivity index (χ1v) is 8.64. The van der Waals surface area contributed by atoms with Crippen LogP contribution in [0.15, 0.2) is 47.8 Å². The lowest BCUT2D eigenvalue weighted by atomic mass is 10.2. The van der Waals surface area contributed by atoms with Crippen molar-refractivity contribution < 1.29 is 13.9 Å². The average molecular weight is 377 g/mol. The predicted octanol–water partition coefficient (Wildman–Crippen LogP) is 4.79. The van der Waals surface area contributed by atoms with Crippen molar-refractivity contribution in [3.63, 3.8) is 0 Å². The number of anilines is 1. The molecular formula is C18H14ClFN2O2S. The van der Waals surface area contributed by atoms with E-state index in [4.69, 9.17) is 16.3 Å². The standard InChI is InChI=1S/C18H14ClFN2O2S/c1-24-16-6-5-12(19)8-15(16)22-17(23)9-14-10-25-18(21-14)11-3-2-4-13(20)7-11/h2-8,10H,9H2,1H3,(H,22,23). The third kappa shape index (κ3) is 4.35. The molecule has 1 amide bonds. The molecule has 0 aliphatic heterocycles. The van der Waals surface area contributed by atoms with E-state index < -0.39 is 0 Å². The van der Waals surface area contributed by atoms with Gasteiger partial charge in [0.2, 0.25) is 5.91 Å². The number of nitrogens with one attached hydrogen (secondary N) is 1. The Hall–Kier alpha value is -2.44. The lowest BCUT2D eigenvalue weighted by molar-refractivity contribution is -0.115. The molecule has 0 atom stereocenters. The van der Waals surface area contributed by atoms with E-state index in [2.05, 4.69) is 10.3 Å². The molecule has 0 saturated carbocycles. The Kier molecular flexibility index (Phi) is 5.31. The van der Waals surface area contributed by atoms with E-state index in [0.717, 1.165) is 0 Å². The van der Waals surface area contributed by atoms with Gasteiger partial charge in [0.1, 0.15) is 16.6 Å². The molecular weight excluding hydrogens is 363 g/mol. The number of rotatable bonds is 5. The van der Waals surface area contributed by atoms with Gasteiger partial charge in [0.05, 0.1) is 24.9 Å². The molecule has 128 valence electrons. The monoisotopic (exact) mass is 376 g/mol. The summed E-state index contributed by atoms with van der Waals surface area (Å²) >= 11 is 7.32. The highest BCUT2D eigenvalue weighted by Crippen LogP contribution is 2.28. The van der Waals surface area contributed by atoms with Crippen LogP contribution in [-0.2, 0) is 11.2 Å². The fraction of sp³-hybridized carbons (Fsp3) is 0.111. The van der Waals surface area contributed by atoms with Crippen molar-refractivity contribution in [3.8, 4) is 16.3 Å². The average Bonchev–Trinajstić information content (AvgIpc) is 3.03. The number of methoxy groups -OCH3 is 1. The molecule has 0 spiro atoms. The molecule has 2 aromatic carbocycles. The summed E-state index contributed by atoms with van der Waals surface area (Å²) in [6.45, 7) is 0. The number of amides is 1. The van der Waals surface area contributed by atoms with E-state index in [1.807, 2.05) is 0 Å². The van der Waals surface area contributed by atoms with E-state index in [1.165, 1.54) is 30.6 Å². The molecule has 4 nitrogen and oxygen atoms in total. The molecule has 1 aromatic heterocycles. The van der Waals surface area contributed by atoms with Gasteiger partial charge in [-0.25, -0.2) is 9.37 Å². The number of carbonyl (C=O) groups excluding carboxylic acids is 1. The second-order valence-electron chi connectivity index (χ2n) is 5.22. The van der Waals surface area contributed by atoms with Crippen molar-refractivity contribution in [2.24, 2.45) is 0 Å². The maximum atomic E-state index is 13.3. The first kappa shape index (κ1) is 17.4. The van der Waals surface area contributed by atoms with Crippen LogP contribution in [0.2, 0.25) is 5.02 Å². The number of ether oxygens (including phenoxy) is 1. The molecule has 1 N–H and O–H groups in total. The highest BCUT2D eigenvalue weighted by atomic mass is 35.5. The molecule has 0 saturated heterocycles. The summed E-state index contributed by atoms with van der Waals surface area (Å²) in [5.41, 5.74) is 1.80. The van der Waals surface area contributed by atoms with Crippen LogP contribution < -0.4 is 10.1 Å². The zero-order valence-corrected chi connectivity index (χ0v) is 14.8. The largest absolute Gasteiger partial charge is 0.495 e. The predicted molar refractivity (Wildman–Crippen MR) is 97.8 cm³/mol. The molecule has 1 heterocycles. The Bertz CT molecular complexity index is 914. The van der Waals surface area contributed by atoms with E-state index in [-0.39, 0.29) is 18.1 Å². The van der Waals surface area contributed by atoms with Gasteiger partial charge in [-0.15, -0.1) is 11.3 Å². The van der Waals surface area contributed by atoms with Crippen LogP contribution in [0.25, 0.3) is 10.6 Å². The van der Waals surface area contributed by atoms with Crippen LogP contribution in [0.3, 0.4) is 0 Å². The van der Waals surface area contributed by atoms with E-state index in [9.17, 15) is 9.18 Å². The molecule has 0 unspecified atom stereocenters. The molecule has 3 aromatic rings. The van der Waals surface area contributed by atoms with Gasteiger partial charge in [-0.1, -0.05) is 23.7 Å². The topological polar surface area (TPSA) is 51.2 Å². The highest BCUT2D eigenvalue weighted by Gasteiger charge is 2.12. The van der Waals surface area contributed by atoms with Crippen molar-refractivity contribution >= 4 is 34.5 Å². The van der Waals surface area contributed by atoms with E-state index in [0.29, 0.717) is 32.7 Å². The van der Waals surface area contributed by atoms with Crippen molar-refractivity contribution in [3.05, 3.63) is 64.4 Å². The zero-order chi connectivity index (χ0) is 17.8. The van der Waals surface area contributed by atoms with Crippen LogP contribution in [0.5, 0.6) is 5.75 Å². The molecule has 0 aliphatic rings. The summed E-state index contributed by atoms with van der Waals surface area (Å²) in [5, 5.41) is 5.72. The fourth-order valence-electron chi connectivity index (χ4n) is 2.28. The summed E-state index contributed by atoms with van der Waals surface area (Å²) in [4.78, 5) is 16.7. The lowest BCUT2D eigenvalue weighted by Gasteiger charge is -2.10. The Morgan fingerprint density at radius 3 is 2.92 bits per heavy atom. The van der Waals surface area contributed by atoms with Crippen LogP contribution in [0.4, 0.5) is 10.1 Å². The van der Waals surface area contributed by atoms with E-state index in [1.54, 1.807) is 35.7 Å². The van der Waals surface area contributed by atoms with Crippen molar-refractivity contribution in [1.29, 1.82) is 0 Å². The van der Waals surface area contributed by atoms with E-state index >= 15 is 0 Å². The molecule has 0 radical (unpaired) electrons. The summed E-state index contributed by atoms with van der Waals surface area (Å²) in [5.74, 6) is -0.0341. The minimum atomic E-state index is -0.319. The number of halogens is 2. The number of benzene rings is 2. The zero-order valence-electron chi connectivity index (χ0n) is 13.3. The van der Waals surface area contributed by atoms with Crippen LogP contribution >= 0.6 is 22.9 Å². The SMILES string of the molecule is COc1ccc(Cl)cc1NC(=O)Cc1csc(-c2cccc(F)c2)n1. The number of carbonyl (C=O) groups is 1. The molecule has 0 fully saturated rings. The number of hydrogen-bond acceptors (Lipinski definition) is 4. The van der Waals surface area contributed by atoms with Gasteiger partial charge in [0.15, 0.2) is 0 Å². The minimum Gasteiger partial charge on any atom is -0.495 e. The molecule has 7 heteroatoms. The second-order valence-corrected chi connectivity index (χ2v) is 6.52. The van der Waals surface area contributed by atoms with Gasteiger partial charge in [0.25, 0.3) is 0 Å². The smallest absolute Gasteiger partial charge is 0.230 e. The Balaban J connectivity index is 1.71. The number of thiazole rings is 1. The van der Waals surface area contributed by atoms with Crippen molar-refractivity contribution in [2.45, 2.75) is 6.42 Å². The third-order valence-electron chi connectivity index (χ3n) is 3.40. The third-order valence-corrected chi connectivity index (χ3v) is 4.58. The molecule has 25 heavy (non-hydrogen) atoms. The van der Waals surface area contributed by atoms with Crippen LogP contribution in [0.1, 0.15) is 5.69 Å². The Labute approximate surface area is 153 Å². The van der Waals surface area contributed by atoms with Crippen molar-refractivity contribution in [1.82, 2.24) is 4.98 Å². The number of aromatic nitrogens is 1. The first-order chi connectivity index (χ1) is 12.0.